The van der Waals surface area contributed by atoms with Crippen LogP contribution in [0.2, 0.25) is 10.3 Å². The molecule has 0 atom stereocenters. The van der Waals surface area contributed by atoms with Crippen LogP contribution >= 0.6 is 23.2 Å². The number of nitrogens with two attached hydrogens (primary N) is 1. The molecule has 2 rings (SSSR count). The van der Waals surface area contributed by atoms with Gasteiger partial charge in [0.25, 0.3) is 0 Å². The minimum absolute atomic E-state index is 0.287. The first-order chi connectivity index (χ1) is 9.15. The molecule has 19 heavy (non-hydrogen) atoms. The van der Waals surface area contributed by atoms with Crippen LogP contribution in [0.3, 0.4) is 0 Å². The fraction of sp³-hybridized carbons (Fsp3) is 0. The van der Waals surface area contributed by atoms with Gasteiger partial charge < -0.3 is 5.43 Å². The van der Waals surface area contributed by atoms with Crippen LogP contribution in [0.4, 0.5) is 11.6 Å². The molecule has 0 aliphatic rings. The first kappa shape index (κ1) is 15.0. The van der Waals surface area contributed by atoms with Crippen LogP contribution in [0.1, 0.15) is 0 Å². The maximum absolute atomic E-state index is 7.99. The number of nitrogens with one attached hydrogen (secondary N) is 1. The second-order valence-corrected chi connectivity index (χ2v) is 3.77. The van der Waals surface area contributed by atoms with E-state index in [0.29, 0.717) is 16.1 Å². The van der Waals surface area contributed by atoms with Gasteiger partial charge in [0.1, 0.15) is 21.9 Å². The number of pyridine rings is 2. The molecule has 98 valence electrons. The van der Waals surface area contributed by atoms with Gasteiger partial charge in [0.05, 0.1) is 0 Å². The molecule has 3 N–H and O–H groups in total. The van der Waals surface area contributed by atoms with Crippen LogP contribution in [-0.2, 0) is 0 Å². The monoisotopic (exact) mass is 297 g/mol. The molecule has 0 fully saturated rings. The minimum atomic E-state index is 0.287. The second-order valence-electron chi connectivity index (χ2n) is 3.00. The highest BCUT2D eigenvalue weighted by Gasteiger charge is 1.89. The predicted octanol–water partition coefficient (Wildman–Crippen LogP) is 3.70. The van der Waals surface area contributed by atoms with Crippen molar-refractivity contribution < 1.29 is 0 Å². The van der Waals surface area contributed by atoms with Crippen LogP contribution in [0.5, 0.6) is 0 Å². The predicted molar refractivity (Wildman–Crippen MR) is 75.1 cm³/mol. The van der Waals surface area contributed by atoms with Gasteiger partial charge in [-0.05, 0) is 34.9 Å². The van der Waals surface area contributed by atoms with Crippen LogP contribution in [0.25, 0.3) is 10.4 Å². The molecular formula is C10H9Cl2N7. The summed E-state index contributed by atoms with van der Waals surface area (Å²) in [6.07, 6.45) is 0. The van der Waals surface area contributed by atoms with Crippen LogP contribution in [0.15, 0.2) is 41.5 Å². The van der Waals surface area contributed by atoms with Gasteiger partial charge in [0.15, 0.2) is 0 Å². The SMILES string of the molecule is NNc1cccc(Cl)n1.[N-]=[N+]=Nc1cccc(Cl)n1. The number of anilines is 1. The van der Waals surface area contributed by atoms with E-state index in [0.717, 1.165) is 0 Å². The van der Waals surface area contributed by atoms with Gasteiger partial charge in [-0.1, -0.05) is 35.3 Å². The molecular weight excluding hydrogens is 289 g/mol. The van der Waals surface area contributed by atoms with Gasteiger partial charge in [-0.15, -0.1) is 0 Å². The summed E-state index contributed by atoms with van der Waals surface area (Å²) in [7, 11) is 0. The van der Waals surface area contributed by atoms with Crippen LogP contribution < -0.4 is 11.3 Å². The fourth-order valence-electron chi connectivity index (χ4n) is 0.988. The molecule has 2 aromatic heterocycles. The van der Waals surface area contributed by atoms with E-state index in [1.54, 1.807) is 36.4 Å². The van der Waals surface area contributed by atoms with E-state index >= 15 is 0 Å². The number of hydrogen-bond acceptors (Lipinski definition) is 5. The molecule has 0 amide bonds. The number of rotatable bonds is 2. The molecule has 2 aromatic rings. The van der Waals surface area contributed by atoms with Crippen molar-refractivity contribution in [2.24, 2.45) is 11.0 Å². The van der Waals surface area contributed by atoms with Crippen molar-refractivity contribution in [3.63, 3.8) is 0 Å². The summed E-state index contributed by atoms with van der Waals surface area (Å²) in [6, 6.07) is 10.0. The normalized spacial score (nSPS) is 8.79. The molecule has 2 heterocycles. The highest BCUT2D eigenvalue weighted by molar-refractivity contribution is 6.29. The zero-order chi connectivity index (χ0) is 14.1. The largest absolute Gasteiger partial charge is 0.308 e. The van der Waals surface area contributed by atoms with Gasteiger partial charge in [-0.25, -0.2) is 15.8 Å². The number of hydrogen-bond donors (Lipinski definition) is 2. The first-order valence-corrected chi connectivity index (χ1v) is 5.68. The van der Waals surface area contributed by atoms with Crippen molar-refractivity contribution in [3.05, 3.63) is 57.1 Å². The quantitative estimate of drug-likeness (QED) is 0.220. The van der Waals surface area contributed by atoms with Crippen molar-refractivity contribution in [2.45, 2.75) is 0 Å². The Kier molecular flexibility index (Phi) is 6.42. The summed E-state index contributed by atoms with van der Waals surface area (Å²) in [5.41, 5.74) is 10.4. The average Bonchev–Trinajstić information content (AvgIpc) is 2.40. The zero-order valence-corrected chi connectivity index (χ0v) is 11.0. The van der Waals surface area contributed by atoms with Crippen LogP contribution in [0, 0.1) is 0 Å². The smallest absolute Gasteiger partial charge is 0.141 e. The van der Waals surface area contributed by atoms with E-state index in [9.17, 15) is 0 Å². The van der Waals surface area contributed by atoms with E-state index in [1.165, 1.54) is 0 Å². The van der Waals surface area contributed by atoms with Gasteiger partial charge in [-0.3, -0.25) is 0 Å². The molecule has 0 saturated carbocycles. The number of azide groups is 1. The highest BCUT2D eigenvalue weighted by atomic mass is 35.5. The van der Waals surface area contributed by atoms with E-state index < -0.39 is 0 Å². The van der Waals surface area contributed by atoms with E-state index in [4.69, 9.17) is 34.6 Å². The lowest BCUT2D eigenvalue weighted by Crippen LogP contribution is -2.07. The Morgan fingerprint density at radius 2 is 1.74 bits per heavy atom. The summed E-state index contributed by atoms with van der Waals surface area (Å²) in [5.74, 6) is 5.91. The maximum Gasteiger partial charge on any atom is 0.141 e. The third kappa shape index (κ3) is 5.89. The number of halogens is 2. The Balaban J connectivity index is 0.000000191. The Labute approximate surface area is 119 Å². The summed E-state index contributed by atoms with van der Waals surface area (Å²) < 4.78 is 0. The summed E-state index contributed by atoms with van der Waals surface area (Å²) in [5, 5.41) is 4.01. The topological polar surface area (TPSA) is 113 Å². The lowest BCUT2D eigenvalue weighted by Gasteiger charge is -1.95. The number of hydrazine groups is 1. The third-order valence-electron chi connectivity index (χ3n) is 1.71. The molecule has 0 aliphatic heterocycles. The minimum Gasteiger partial charge on any atom is -0.308 e. The molecule has 9 heteroatoms. The molecule has 0 aromatic carbocycles. The lowest BCUT2D eigenvalue weighted by atomic mass is 10.5. The van der Waals surface area contributed by atoms with Crippen molar-refractivity contribution in [3.8, 4) is 0 Å². The Morgan fingerprint density at radius 3 is 2.21 bits per heavy atom. The standard InChI is InChI=1S/C5H3ClN4.C5H6ClN3/c6-4-2-1-3-5(8-4)9-10-7;6-4-2-1-3-5(8-4)9-7/h1-3H;1-3H,7H2,(H,8,9). The summed E-state index contributed by atoms with van der Waals surface area (Å²) >= 11 is 11.0. The molecule has 0 bridgehead atoms. The second kappa shape index (κ2) is 8.12. The Bertz CT molecular complexity index is 584. The number of aromatic nitrogens is 2. The fourth-order valence-corrected chi connectivity index (χ4v) is 1.31. The zero-order valence-electron chi connectivity index (χ0n) is 9.53. The maximum atomic E-state index is 7.99. The van der Waals surface area contributed by atoms with Gasteiger partial charge in [0, 0.05) is 4.91 Å². The lowest BCUT2D eigenvalue weighted by molar-refractivity contribution is 1.23. The van der Waals surface area contributed by atoms with Gasteiger partial charge in [-0.2, -0.15) is 0 Å². The Morgan fingerprint density at radius 1 is 1.11 bits per heavy atom. The van der Waals surface area contributed by atoms with Crippen molar-refractivity contribution in [2.75, 3.05) is 5.43 Å². The average molecular weight is 298 g/mol. The van der Waals surface area contributed by atoms with Gasteiger partial charge in [0.2, 0.25) is 0 Å². The molecule has 0 aliphatic carbocycles. The number of nitrogens with zero attached hydrogens (tertiary/aromatic N) is 5. The molecule has 0 spiro atoms. The number of nitrogen functional groups attached to an aromatic ring is 1. The Hall–Kier alpha value is -2.05. The van der Waals surface area contributed by atoms with Crippen molar-refractivity contribution >= 4 is 34.8 Å². The summed E-state index contributed by atoms with van der Waals surface area (Å²) in [6.45, 7) is 0. The summed E-state index contributed by atoms with van der Waals surface area (Å²) in [4.78, 5) is 10.1. The van der Waals surface area contributed by atoms with E-state index in [-0.39, 0.29) is 5.82 Å². The van der Waals surface area contributed by atoms with Crippen LogP contribution in [-0.4, -0.2) is 9.97 Å². The molecule has 7 nitrogen and oxygen atoms in total. The molecule has 0 unspecified atom stereocenters. The van der Waals surface area contributed by atoms with Gasteiger partial charge >= 0.3 is 0 Å². The van der Waals surface area contributed by atoms with Crippen molar-refractivity contribution in [1.82, 2.24) is 9.97 Å². The molecule has 0 saturated heterocycles. The third-order valence-corrected chi connectivity index (χ3v) is 2.13. The molecule has 0 radical (unpaired) electrons. The first-order valence-electron chi connectivity index (χ1n) is 4.92. The van der Waals surface area contributed by atoms with E-state index in [1.807, 2.05) is 0 Å². The highest BCUT2D eigenvalue weighted by Crippen LogP contribution is 2.11. The van der Waals surface area contributed by atoms with Crippen molar-refractivity contribution in [1.29, 1.82) is 0 Å². The van der Waals surface area contributed by atoms with E-state index in [2.05, 4.69) is 25.4 Å².